The Kier molecular flexibility index (Phi) is 18.0. The Morgan fingerprint density at radius 3 is 1.93 bits per heavy atom. The SMILES string of the molecule is COCC[N+]1=C(C=CC=CC=CC=C2N(C(C)(C)C(C)(C)CCC(=O)On3c(O)ccc3O)c3ccc(S(=O)(=O)O)cc3C2(C)CCCS(=O)(=O)O)C(C)(CCCS(=O)(=O)OC)c2cc(S(=O)(=O)OC)ccc21. The van der Waals surface area contributed by atoms with Crippen LogP contribution < -0.4 is 9.74 Å². The van der Waals surface area contributed by atoms with Crippen LogP contribution in [-0.2, 0) is 69.2 Å². The molecule has 0 radical (unpaired) electrons. The minimum Gasteiger partial charge on any atom is -0.492 e. The molecule has 0 saturated heterocycles. The molecule has 73 heavy (non-hydrogen) atoms. The van der Waals surface area contributed by atoms with Gasteiger partial charge in [0.1, 0.15) is 6.61 Å². The first-order valence-electron chi connectivity index (χ1n) is 23.1. The highest BCUT2D eigenvalue weighted by Crippen LogP contribution is 2.57. The molecule has 0 fully saturated rings. The second-order valence-electron chi connectivity index (χ2n) is 19.3. The van der Waals surface area contributed by atoms with Crippen molar-refractivity contribution >= 4 is 63.5 Å². The van der Waals surface area contributed by atoms with Crippen LogP contribution in [0.5, 0.6) is 11.8 Å². The zero-order valence-corrected chi connectivity index (χ0v) is 45.6. The lowest BCUT2D eigenvalue weighted by molar-refractivity contribution is -0.441. The molecule has 2 aliphatic rings. The Morgan fingerprint density at radius 1 is 0.740 bits per heavy atom. The summed E-state index contributed by atoms with van der Waals surface area (Å²) in [6.45, 7) is 12.1. The molecule has 0 amide bonds. The second-order valence-corrected chi connectivity index (χ2v) is 25.9. The van der Waals surface area contributed by atoms with Gasteiger partial charge in [-0.3, -0.25) is 17.5 Å². The molecule has 0 aliphatic carbocycles. The number of carbonyl (C=O) groups is 1. The van der Waals surface area contributed by atoms with Gasteiger partial charge in [-0.2, -0.15) is 38.2 Å². The molecule has 5 rings (SSSR count). The molecule has 0 spiro atoms. The summed E-state index contributed by atoms with van der Waals surface area (Å²) >= 11 is 0. The van der Waals surface area contributed by atoms with E-state index in [1.165, 1.54) is 24.3 Å². The van der Waals surface area contributed by atoms with Crippen LogP contribution in [0.15, 0.2) is 107 Å². The lowest BCUT2D eigenvalue weighted by atomic mass is 9.69. The normalized spacial score (nSPS) is 19.5. The number of aromatic nitrogens is 1. The molecule has 2 aromatic carbocycles. The molecular weight excluding hydrogens is 1030 g/mol. The van der Waals surface area contributed by atoms with E-state index in [0.717, 1.165) is 32.1 Å². The zero-order valence-electron chi connectivity index (χ0n) is 42.3. The molecule has 0 saturated carbocycles. The molecule has 20 nitrogen and oxygen atoms in total. The maximum Gasteiger partial charge on any atom is 0.333 e. The number of hydrogen-bond acceptors (Lipinski definition) is 16. The van der Waals surface area contributed by atoms with E-state index in [2.05, 4.69) is 0 Å². The Labute approximate surface area is 428 Å². The number of methoxy groups -OCH3 is 1. The lowest BCUT2D eigenvalue weighted by Crippen LogP contribution is -2.54. The van der Waals surface area contributed by atoms with Crippen LogP contribution in [0.4, 0.5) is 11.4 Å². The number of hydrogen-bond donors (Lipinski definition) is 4. The third kappa shape index (κ3) is 13.0. The molecule has 4 N–H and O–H groups in total. The number of allylic oxidation sites excluding steroid dienone is 8. The maximum absolute atomic E-state index is 13.1. The molecule has 3 heterocycles. The summed E-state index contributed by atoms with van der Waals surface area (Å²) in [4.78, 5) is 19.8. The third-order valence-corrected chi connectivity index (χ3v) is 18.4. The van der Waals surface area contributed by atoms with Gasteiger partial charge in [-0.15, -0.1) is 4.73 Å². The van der Waals surface area contributed by atoms with Gasteiger partial charge in [0.15, 0.2) is 12.3 Å². The molecule has 402 valence electrons. The highest BCUT2D eigenvalue weighted by molar-refractivity contribution is 7.87. The van der Waals surface area contributed by atoms with Crippen LogP contribution >= 0.6 is 0 Å². The summed E-state index contributed by atoms with van der Waals surface area (Å²) in [5, 5.41) is 20.1. The number of aromatic hydroxyl groups is 2. The summed E-state index contributed by atoms with van der Waals surface area (Å²) in [5.41, 5.74) is -0.137. The fourth-order valence-corrected chi connectivity index (χ4v) is 11.7. The van der Waals surface area contributed by atoms with Crippen LogP contribution in [0.3, 0.4) is 0 Å². The van der Waals surface area contributed by atoms with Gasteiger partial charge >= 0.3 is 5.97 Å². The molecule has 2 aliphatic heterocycles. The number of rotatable bonds is 25. The molecule has 0 bridgehead atoms. The fourth-order valence-electron chi connectivity index (χ4n) is 9.37. The minimum atomic E-state index is -4.71. The largest absolute Gasteiger partial charge is 0.492 e. The average molecular weight is 1100 g/mol. The zero-order chi connectivity index (χ0) is 54.6. The summed E-state index contributed by atoms with van der Waals surface area (Å²) in [5.74, 6) is -2.60. The van der Waals surface area contributed by atoms with Gasteiger partial charge in [0.2, 0.25) is 17.4 Å². The monoisotopic (exact) mass is 1100 g/mol. The Balaban J connectivity index is 1.57. The van der Waals surface area contributed by atoms with Crippen LogP contribution in [0.2, 0.25) is 0 Å². The molecule has 1 aromatic heterocycles. The van der Waals surface area contributed by atoms with Crippen molar-refractivity contribution in [1.82, 2.24) is 4.73 Å². The van der Waals surface area contributed by atoms with Gasteiger partial charge < -0.3 is 24.7 Å². The molecule has 2 unspecified atom stereocenters. The minimum absolute atomic E-state index is 0.0477. The van der Waals surface area contributed by atoms with E-state index in [1.807, 2.05) is 50.2 Å². The van der Waals surface area contributed by atoms with Crippen LogP contribution in [0, 0.1) is 5.41 Å². The van der Waals surface area contributed by atoms with Crippen molar-refractivity contribution in [3.8, 4) is 11.8 Å². The third-order valence-electron chi connectivity index (χ3n) is 14.2. The van der Waals surface area contributed by atoms with E-state index in [4.69, 9.17) is 17.9 Å². The first-order valence-corrected chi connectivity index (χ1v) is 29.1. The van der Waals surface area contributed by atoms with Crippen LogP contribution in [0.1, 0.15) is 91.2 Å². The second kappa shape index (κ2) is 22.3. The van der Waals surface area contributed by atoms with Crippen molar-refractivity contribution in [2.24, 2.45) is 5.41 Å². The molecular formula is C49H66N3O17S4+. The standard InChI is InChI=1S/C49H65N3O17S4/c1-46(2,28-25-45(55)69-52-43(53)23-24-44(52)54)47(3,4)51-40-22-19-35(72(61,62)63)33-38(40)49(6,26-15-31-70(56,57)58)42(51)18-14-12-10-11-13-17-41-48(5,27-16-32-71(59,60)67-8)37-34-36(73(64,65)68-9)20-21-39(37)50(41)29-30-66-7/h10-14,17-24,33-34H,15-16,25-32H2,1-9H3,(H3-,53,54,56,57,58,61,62,63)/p+1. The van der Waals surface area contributed by atoms with Crippen molar-refractivity contribution in [2.45, 2.75) is 106 Å². The quantitative estimate of drug-likeness (QED) is 0.0306. The van der Waals surface area contributed by atoms with E-state index in [1.54, 1.807) is 62.6 Å². The fraction of sp³-hybridized carbons (Fsp3) is 0.469. The maximum atomic E-state index is 13.1. The van der Waals surface area contributed by atoms with Gasteiger partial charge in [0.05, 0.1) is 40.9 Å². The van der Waals surface area contributed by atoms with Crippen molar-refractivity contribution < 1.29 is 80.3 Å². The molecule has 3 aromatic rings. The summed E-state index contributed by atoms with van der Waals surface area (Å²) in [6, 6.07) is 11.1. The predicted octanol–water partition coefficient (Wildman–Crippen LogP) is 6.48. The first kappa shape index (κ1) is 58.7. The Bertz CT molecular complexity index is 3170. The number of anilines is 1. The van der Waals surface area contributed by atoms with E-state index in [0.29, 0.717) is 46.1 Å². The van der Waals surface area contributed by atoms with Gasteiger partial charge in [-0.1, -0.05) is 44.2 Å². The molecule has 24 heteroatoms. The van der Waals surface area contributed by atoms with E-state index in [9.17, 15) is 57.8 Å². The van der Waals surface area contributed by atoms with E-state index < -0.39 is 90.6 Å². The first-order chi connectivity index (χ1) is 33.8. The van der Waals surface area contributed by atoms with Gasteiger partial charge in [-0.25, -0.2) is 4.79 Å². The summed E-state index contributed by atoms with van der Waals surface area (Å²) in [6.07, 6.45) is 12.9. The Morgan fingerprint density at radius 2 is 1.33 bits per heavy atom. The predicted molar refractivity (Wildman–Crippen MR) is 273 cm³/mol. The van der Waals surface area contributed by atoms with Gasteiger partial charge in [0, 0.05) is 65.7 Å². The Hall–Kier alpha value is -5.18. The average Bonchev–Trinajstić information content (AvgIpc) is 3.85. The van der Waals surface area contributed by atoms with Gasteiger partial charge in [0.25, 0.3) is 40.5 Å². The van der Waals surface area contributed by atoms with Crippen molar-refractivity contribution in [1.29, 1.82) is 0 Å². The summed E-state index contributed by atoms with van der Waals surface area (Å²) in [7, 11) is -13.3. The molecule has 2 atom stereocenters. The van der Waals surface area contributed by atoms with E-state index >= 15 is 0 Å². The van der Waals surface area contributed by atoms with Gasteiger partial charge in [-0.05, 0) is 107 Å². The van der Waals surface area contributed by atoms with Crippen molar-refractivity contribution in [3.05, 3.63) is 108 Å². The van der Waals surface area contributed by atoms with Crippen LogP contribution in [-0.4, -0.2) is 126 Å². The lowest BCUT2D eigenvalue weighted by Gasteiger charge is -2.51. The number of benzene rings is 2. The number of fused-ring (bicyclic) bond motifs is 2. The number of carbonyl (C=O) groups excluding carboxylic acids is 1. The number of ether oxygens (including phenoxy) is 1. The van der Waals surface area contributed by atoms with Crippen LogP contribution in [0.25, 0.3) is 0 Å². The highest BCUT2D eigenvalue weighted by Gasteiger charge is 2.53. The van der Waals surface area contributed by atoms with Crippen molar-refractivity contribution in [3.63, 3.8) is 0 Å². The highest BCUT2D eigenvalue weighted by atomic mass is 32.2. The topological polar surface area (TPSA) is 283 Å². The van der Waals surface area contributed by atoms with E-state index in [-0.39, 0.29) is 49.2 Å². The summed E-state index contributed by atoms with van der Waals surface area (Å²) < 4.78 is 137. The number of nitrogens with zero attached hydrogens (tertiary/aromatic N) is 3. The smallest absolute Gasteiger partial charge is 0.333 e. The van der Waals surface area contributed by atoms with Crippen molar-refractivity contribution in [2.75, 3.05) is 50.9 Å².